The summed E-state index contributed by atoms with van der Waals surface area (Å²) < 4.78 is 2.26. The minimum Gasteiger partial charge on any atom is -0.328 e. The summed E-state index contributed by atoms with van der Waals surface area (Å²) in [6.07, 6.45) is 2.95. The average molecular weight is 264 g/mol. The molecule has 1 aromatic heterocycles. The normalized spacial score (nSPS) is 13.1. The Kier molecular flexibility index (Phi) is 4.63. The number of nitrogens with two attached hydrogens (primary N) is 1. The molecule has 98 valence electrons. The van der Waals surface area contributed by atoms with Crippen LogP contribution in [0.5, 0.6) is 0 Å². The van der Waals surface area contributed by atoms with Gasteiger partial charge in [-0.05, 0) is 25.3 Å². The molecule has 0 aliphatic heterocycles. The van der Waals surface area contributed by atoms with E-state index in [9.17, 15) is 0 Å². The number of benzene rings is 1. The molecule has 1 aromatic carbocycles. The number of rotatable bonds is 6. The van der Waals surface area contributed by atoms with Crippen molar-refractivity contribution in [2.75, 3.05) is 12.0 Å². The predicted molar refractivity (Wildman–Crippen MR) is 78.6 cm³/mol. The Hall–Kier alpha value is -1.04. The van der Waals surface area contributed by atoms with Crippen LogP contribution in [0, 0.1) is 0 Å². The van der Waals surface area contributed by atoms with Gasteiger partial charge in [-0.3, -0.25) is 11.3 Å². The number of aromatic nitrogens is 2. The number of para-hydroxylation sites is 2. The maximum Gasteiger partial charge on any atom is 0.111 e. The molecule has 0 aliphatic carbocycles. The second-order valence-corrected chi connectivity index (χ2v) is 5.19. The lowest BCUT2D eigenvalue weighted by Gasteiger charge is -2.14. The van der Waals surface area contributed by atoms with Gasteiger partial charge in [-0.15, -0.1) is 0 Å². The largest absolute Gasteiger partial charge is 0.328 e. The van der Waals surface area contributed by atoms with Crippen molar-refractivity contribution < 1.29 is 0 Å². The summed E-state index contributed by atoms with van der Waals surface area (Å²) in [6, 6.07) is 8.53. The van der Waals surface area contributed by atoms with Crippen LogP contribution in [0.1, 0.15) is 12.7 Å². The predicted octanol–water partition coefficient (Wildman–Crippen LogP) is 1.79. The van der Waals surface area contributed by atoms with Crippen LogP contribution in [0.3, 0.4) is 0 Å². The fourth-order valence-electron chi connectivity index (χ4n) is 2.22. The standard InChI is InChI=1S/C13H20N4S/c1-3-17-12-7-5-4-6-11(12)15-13(17)8-10(16-14)9-18-2/h4-7,10,16H,3,8-9,14H2,1-2H3. The molecule has 0 radical (unpaired) electrons. The molecule has 5 heteroatoms. The van der Waals surface area contributed by atoms with Crippen LogP contribution in [0.25, 0.3) is 11.0 Å². The Bertz CT molecular complexity index is 509. The van der Waals surface area contributed by atoms with Crippen LogP contribution in [-0.2, 0) is 13.0 Å². The first-order valence-corrected chi connectivity index (χ1v) is 7.58. The SMILES string of the molecule is CCn1c(CC(CSC)NN)nc2ccccc21. The molecule has 0 fully saturated rings. The van der Waals surface area contributed by atoms with Gasteiger partial charge in [-0.1, -0.05) is 12.1 Å². The number of hydrogen-bond donors (Lipinski definition) is 2. The van der Waals surface area contributed by atoms with Crippen LogP contribution in [0.4, 0.5) is 0 Å². The number of nitrogens with one attached hydrogen (secondary N) is 1. The van der Waals surface area contributed by atoms with Gasteiger partial charge < -0.3 is 4.57 Å². The van der Waals surface area contributed by atoms with Crippen molar-refractivity contribution in [2.45, 2.75) is 25.9 Å². The van der Waals surface area contributed by atoms with E-state index in [0.29, 0.717) is 0 Å². The van der Waals surface area contributed by atoms with Crippen molar-refractivity contribution in [1.29, 1.82) is 0 Å². The maximum atomic E-state index is 5.59. The van der Waals surface area contributed by atoms with E-state index in [1.54, 1.807) is 11.8 Å². The quantitative estimate of drug-likeness (QED) is 0.617. The topological polar surface area (TPSA) is 55.9 Å². The number of hydrogen-bond acceptors (Lipinski definition) is 4. The lowest BCUT2D eigenvalue weighted by molar-refractivity contribution is 0.547. The van der Waals surface area contributed by atoms with Gasteiger partial charge in [-0.25, -0.2) is 4.98 Å². The summed E-state index contributed by atoms with van der Waals surface area (Å²) in [5.74, 6) is 7.69. The van der Waals surface area contributed by atoms with Gasteiger partial charge in [0.1, 0.15) is 5.82 Å². The van der Waals surface area contributed by atoms with Gasteiger partial charge in [0, 0.05) is 24.8 Å². The highest BCUT2D eigenvalue weighted by molar-refractivity contribution is 7.98. The molecule has 2 aromatic rings. The fraction of sp³-hybridized carbons (Fsp3) is 0.462. The van der Waals surface area contributed by atoms with E-state index in [-0.39, 0.29) is 6.04 Å². The van der Waals surface area contributed by atoms with E-state index in [4.69, 9.17) is 10.8 Å². The average Bonchev–Trinajstić information content (AvgIpc) is 2.75. The molecule has 4 nitrogen and oxygen atoms in total. The lowest BCUT2D eigenvalue weighted by Crippen LogP contribution is -2.39. The third-order valence-electron chi connectivity index (χ3n) is 3.08. The molecule has 2 rings (SSSR count). The molecule has 18 heavy (non-hydrogen) atoms. The molecule has 1 heterocycles. The van der Waals surface area contributed by atoms with Gasteiger partial charge in [-0.2, -0.15) is 11.8 Å². The molecule has 0 saturated carbocycles. The molecule has 0 bridgehead atoms. The Morgan fingerprint density at radius 2 is 2.22 bits per heavy atom. The molecule has 0 aliphatic rings. The molecule has 0 amide bonds. The van der Waals surface area contributed by atoms with E-state index < -0.39 is 0 Å². The minimum absolute atomic E-state index is 0.266. The monoisotopic (exact) mass is 264 g/mol. The highest BCUT2D eigenvalue weighted by Gasteiger charge is 2.14. The lowest BCUT2D eigenvalue weighted by atomic mass is 10.2. The fourth-order valence-corrected chi connectivity index (χ4v) is 2.84. The van der Waals surface area contributed by atoms with E-state index in [1.165, 1.54) is 5.52 Å². The van der Waals surface area contributed by atoms with Crippen LogP contribution < -0.4 is 11.3 Å². The van der Waals surface area contributed by atoms with E-state index in [2.05, 4.69) is 41.4 Å². The van der Waals surface area contributed by atoms with Crippen molar-refractivity contribution in [3.63, 3.8) is 0 Å². The van der Waals surface area contributed by atoms with Crippen LogP contribution >= 0.6 is 11.8 Å². The molecule has 1 atom stereocenters. The molecule has 3 N–H and O–H groups in total. The Balaban J connectivity index is 2.32. The summed E-state index contributed by atoms with van der Waals surface area (Å²) in [5, 5.41) is 0. The van der Waals surface area contributed by atoms with Gasteiger partial charge in [0.2, 0.25) is 0 Å². The zero-order valence-electron chi connectivity index (χ0n) is 10.9. The summed E-state index contributed by atoms with van der Waals surface area (Å²) in [4.78, 5) is 4.71. The minimum atomic E-state index is 0.266. The molecule has 0 saturated heterocycles. The number of nitrogens with zero attached hydrogens (tertiary/aromatic N) is 2. The van der Waals surface area contributed by atoms with E-state index in [1.807, 2.05) is 6.07 Å². The van der Waals surface area contributed by atoms with Crippen LogP contribution in [-0.4, -0.2) is 27.6 Å². The van der Waals surface area contributed by atoms with Crippen molar-refractivity contribution >= 4 is 22.8 Å². The molecule has 1 unspecified atom stereocenters. The van der Waals surface area contributed by atoms with Gasteiger partial charge in [0.15, 0.2) is 0 Å². The van der Waals surface area contributed by atoms with Gasteiger partial charge >= 0.3 is 0 Å². The number of hydrazine groups is 1. The highest BCUT2D eigenvalue weighted by Crippen LogP contribution is 2.17. The first-order valence-electron chi connectivity index (χ1n) is 6.19. The third kappa shape index (κ3) is 2.68. The first kappa shape index (κ1) is 13.4. The molecule has 0 spiro atoms. The van der Waals surface area contributed by atoms with Crippen LogP contribution in [0.15, 0.2) is 24.3 Å². The zero-order chi connectivity index (χ0) is 13.0. The summed E-state index contributed by atoms with van der Waals surface area (Å²) >= 11 is 1.79. The number of fused-ring (bicyclic) bond motifs is 1. The molecular weight excluding hydrogens is 244 g/mol. The highest BCUT2D eigenvalue weighted by atomic mass is 32.2. The van der Waals surface area contributed by atoms with Gasteiger partial charge in [0.25, 0.3) is 0 Å². The number of aryl methyl sites for hydroxylation is 1. The molecular formula is C13H20N4S. The smallest absolute Gasteiger partial charge is 0.111 e. The van der Waals surface area contributed by atoms with E-state index >= 15 is 0 Å². The maximum absolute atomic E-state index is 5.59. The third-order valence-corrected chi connectivity index (χ3v) is 3.82. The Morgan fingerprint density at radius 1 is 1.44 bits per heavy atom. The van der Waals surface area contributed by atoms with Crippen molar-refractivity contribution in [3.8, 4) is 0 Å². The Labute approximate surface area is 112 Å². The number of imidazole rings is 1. The number of thioether (sulfide) groups is 1. The van der Waals surface area contributed by atoms with Crippen molar-refractivity contribution in [2.24, 2.45) is 5.84 Å². The van der Waals surface area contributed by atoms with Crippen molar-refractivity contribution in [3.05, 3.63) is 30.1 Å². The zero-order valence-corrected chi connectivity index (χ0v) is 11.7. The van der Waals surface area contributed by atoms with Gasteiger partial charge in [0.05, 0.1) is 11.0 Å². The Morgan fingerprint density at radius 3 is 2.89 bits per heavy atom. The second-order valence-electron chi connectivity index (χ2n) is 4.28. The first-order chi connectivity index (χ1) is 8.80. The second kappa shape index (κ2) is 6.22. The van der Waals surface area contributed by atoms with Crippen molar-refractivity contribution in [1.82, 2.24) is 15.0 Å². The summed E-state index contributed by atoms with van der Waals surface area (Å²) in [5.41, 5.74) is 5.14. The van der Waals surface area contributed by atoms with E-state index in [0.717, 1.165) is 30.1 Å². The van der Waals surface area contributed by atoms with Crippen LogP contribution in [0.2, 0.25) is 0 Å². The summed E-state index contributed by atoms with van der Waals surface area (Å²) in [7, 11) is 0. The summed E-state index contributed by atoms with van der Waals surface area (Å²) in [6.45, 7) is 3.09.